The first-order valence-corrected chi connectivity index (χ1v) is 7.55. The molecular formula is C15H20BrNO2. The van der Waals surface area contributed by atoms with Crippen LogP contribution in [0.4, 0.5) is 5.69 Å². The van der Waals surface area contributed by atoms with E-state index in [2.05, 4.69) is 41.2 Å². The van der Waals surface area contributed by atoms with Crippen LogP contribution in [0.3, 0.4) is 0 Å². The number of hydrogen-bond acceptors (Lipinski definition) is 3. The zero-order valence-electron chi connectivity index (χ0n) is 11.6. The minimum Gasteiger partial charge on any atom is -0.495 e. The first-order valence-electron chi connectivity index (χ1n) is 6.75. The van der Waals surface area contributed by atoms with Crippen LogP contribution in [-0.2, 0) is 4.74 Å². The molecular weight excluding hydrogens is 306 g/mol. The Morgan fingerprint density at radius 3 is 2.95 bits per heavy atom. The zero-order valence-corrected chi connectivity index (χ0v) is 13.2. The zero-order chi connectivity index (χ0) is 13.6. The molecule has 1 N–H and O–H groups in total. The molecule has 1 saturated heterocycles. The topological polar surface area (TPSA) is 30.5 Å². The second-order valence-electron chi connectivity index (χ2n) is 6.03. The number of benzene rings is 1. The average Bonchev–Trinajstić information content (AvgIpc) is 2.83. The fourth-order valence-electron chi connectivity index (χ4n) is 3.58. The van der Waals surface area contributed by atoms with Gasteiger partial charge in [-0.2, -0.15) is 0 Å². The lowest BCUT2D eigenvalue weighted by Gasteiger charge is -2.55. The Hall–Kier alpha value is -0.740. The normalized spacial score (nSPS) is 31.5. The van der Waals surface area contributed by atoms with Gasteiger partial charge in [0.2, 0.25) is 0 Å². The predicted molar refractivity (Wildman–Crippen MR) is 79.7 cm³/mol. The molecule has 3 atom stereocenters. The Morgan fingerprint density at radius 1 is 1.42 bits per heavy atom. The van der Waals surface area contributed by atoms with Gasteiger partial charge in [0.05, 0.1) is 18.9 Å². The highest BCUT2D eigenvalue weighted by Gasteiger charge is 2.59. The highest BCUT2D eigenvalue weighted by atomic mass is 79.9. The first kappa shape index (κ1) is 13.3. The summed E-state index contributed by atoms with van der Waals surface area (Å²) >= 11 is 3.52. The van der Waals surface area contributed by atoms with Gasteiger partial charge in [-0.25, -0.2) is 0 Å². The van der Waals surface area contributed by atoms with E-state index in [-0.39, 0.29) is 5.41 Å². The molecule has 1 saturated carbocycles. The molecule has 4 heteroatoms. The molecule has 0 bridgehead atoms. The molecule has 1 aliphatic heterocycles. The highest BCUT2D eigenvalue weighted by Crippen LogP contribution is 2.53. The summed E-state index contributed by atoms with van der Waals surface area (Å²) in [6, 6.07) is 6.51. The van der Waals surface area contributed by atoms with E-state index in [4.69, 9.17) is 9.47 Å². The van der Waals surface area contributed by atoms with Gasteiger partial charge in [0, 0.05) is 28.5 Å². The van der Waals surface area contributed by atoms with E-state index < -0.39 is 0 Å². The lowest BCUT2D eigenvalue weighted by atomic mass is 9.57. The van der Waals surface area contributed by atoms with Crippen LogP contribution in [0.5, 0.6) is 5.75 Å². The molecule has 1 aliphatic carbocycles. The molecule has 1 heterocycles. The maximum absolute atomic E-state index is 5.83. The molecule has 3 unspecified atom stereocenters. The SMILES string of the molecule is COc1ccc(Br)cc1NC1C2CCOC2C1(C)C. The number of fused-ring (bicyclic) bond motifs is 1. The quantitative estimate of drug-likeness (QED) is 0.919. The van der Waals surface area contributed by atoms with Crippen LogP contribution in [0.25, 0.3) is 0 Å². The van der Waals surface area contributed by atoms with Crippen molar-refractivity contribution in [2.75, 3.05) is 19.0 Å². The van der Waals surface area contributed by atoms with Gasteiger partial charge < -0.3 is 14.8 Å². The Labute approximate surface area is 122 Å². The van der Waals surface area contributed by atoms with Crippen molar-refractivity contribution in [1.82, 2.24) is 0 Å². The molecule has 0 aromatic heterocycles. The average molecular weight is 326 g/mol. The van der Waals surface area contributed by atoms with Crippen LogP contribution in [0, 0.1) is 11.3 Å². The smallest absolute Gasteiger partial charge is 0.142 e. The largest absolute Gasteiger partial charge is 0.495 e. The predicted octanol–water partition coefficient (Wildman–Crippen LogP) is 3.68. The Kier molecular flexibility index (Phi) is 3.26. The van der Waals surface area contributed by atoms with Gasteiger partial charge in [-0.1, -0.05) is 29.8 Å². The van der Waals surface area contributed by atoms with E-state index in [1.165, 1.54) is 0 Å². The summed E-state index contributed by atoms with van der Waals surface area (Å²) in [6.45, 7) is 5.45. The molecule has 1 aromatic carbocycles. The number of methoxy groups -OCH3 is 1. The fraction of sp³-hybridized carbons (Fsp3) is 0.600. The minimum atomic E-state index is 0.175. The van der Waals surface area contributed by atoms with Crippen LogP contribution in [0.1, 0.15) is 20.3 Å². The van der Waals surface area contributed by atoms with Gasteiger partial charge in [0.25, 0.3) is 0 Å². The van der Waals surface area contributed by atoms with Gasteiger partial charge >= 0.3 is 0 Å². The monoisotopic (exact) mass is 325 g/mol. The van der Waals surface area contributed by atoms with Crippen molar-refractivity contribution in [3.05, 3.63) is 22.7 Å². The summed E-state index contributed by atoms with van der Waals surface area (Å²) in [7, 11) is 1.71. The second kappa shape index (κ2) is 4.67. The summed E-state index contributed by atoms with van der Waals surface area (Å²) in [4.78, 5) is 0. The molecule has 0 amide bonds. The summed E-state index contributed by atoms with van der Waals surface area (Å²) in [5, 5.41) is 3.67. The van der Waals surface area contributed by atoms with Crippen molar-refractivity contribution >= 4 is 21.6 Å². The van der Waals surface area contributed by atoms with E-state index >= 15 is 0 Å². The molecule has 1 aromatic rings. The van der Waals surface area contributed by atoms with Gasteiger partial charge in [0.15, 0.2) is 0 Å². The van der Waals surface area contributed by atoms with Crippen LogP contribution >= 0.6 is 15.9 Å². The van der Waals surface area contributed by atoms with E-state index in [1.54, 1.807) is 7.11 Å². The van der Waals surface area contributed by atoms with E-state index in [0.717, 1.165) is 28.9 Å². The highest BCUT2D eigenvalue weighted by molar-refractivity contribution is 9.10. The number of rotatable bonds is 3. The molecule has 2 aliphatic rings. The second-order valence-corrected chi connectivity index (χ2v) is 6.95. The van der Waals surface area contributed by atoms with Crippen LogP contribution < -0.4 is 10.1 Å². The van der Waals surface area contributed by atoms with Crippen LogP contribution in [0.15, 0.2) is 22.7 Å². The van der Waals surface area contributed by atoms with E-state index in [0.29, 0.717) is 18.1 Å². The molecule has 19 heavy (non-hydrogen) atoms. The first-order chi connectivity index (χ1) is 9.04. The summed E-state index contributed by atoms with van der Waals surface area (Å²) in [5.74, 6) is 1.51. The van der Waals surface area contributed by atoms with Gasteiger partial charge in [-0.05, 0) is 24.6 Å². The van der Waals surface area contributed by atoms with Crippen molar-refractivity contribution in [1.29, 1.82) is 0 Å². The van der Waals surface area contributed by atoms with Gasteiger partial charge in [-0.3, -0.25) is 0 Å². The molecule has 0 spiro atoms. The number of nitrogens with one attached hydrogen (secondary N) is 1. The van der Waals surface area contributed by atoms with Crippen molar-refractivity contribution in [2.45, 2.75) is 32.4 Å². The Morgan fingerprint density at radius 2 is 2.21 bits per heavy atom. The molecule has 104 valence electrons. The summed E-state index contributed by atoms with van der Waals surface area (Å²) in [6.07, 6.45) is 1.56. The maximum Gasteiger partial charge on any atom is 0.142 e. The van der Waals surface area contributed by atoms with E-state index in [9.17, 15) is 0 Å². The van der Waals surface area contributed by atoms with Crippen LogP contribution in [-0.4, -0.2) is 25.9 Å². The summed E-state index contributed by atoms with van der Waals surface area (Å²) in [5.41, 5.74) is 1.23. The van der Waals surface area contributed by atoms with Crippen LogP contribution in [0.2, 0.25) is 0 Å². The molecule has 2 fully saturated rings. The van der Waals surface area contributed by atoms with Gasteiger partial charge in [-0.15, -0.1) is 0 Å². The fourth-order valence-corrected chi connectivity index (χ4v) is 3.94. The molecule has 0 radical (unpaired) electrons. The van der Waals surface area contributed by atoms with Crippen molar-refractivity contribution < 1.29 is 9.47 Å². The number of halogens is 1. The minimum absolute atomic E-state index is 0.175. The van der Waals surface area contributed by atoms with Crippen molar-refractivity contribution in [3.8, 4) is 5.75 Å². The Bertz CT molecular complexity index is 489. The third-order valence-electron chi connectivity index (χ3n) is 4.57. The number of anilines is 1. The van der Waals surface area contributed by atoms with E-state index in [1.807, 2.05) is 12.1 Å². The summed E-state index contributed by atoms with van der Waals surface area (Å²) < 4.78 is 12.3. The number of hydrogen-bond donors (Lipinski definition) is 1. The molecule has 3 nitrogen and oxygen atoms in total. The number of ether oxygens (including phenoxy) is 2. The van der Waals surface area contributed by atoms with Crippen molar-refractivity contribution in [2.24, 2.45) is 11.3 Å². The van der Waals surface area contributed by atoms with Gasteiger partial charge in [0.1, 0.15) is 5.75 Å². The van der Waals surface area contributed by atoms with Crippen molar-refractivity contribution in [3.63, 3.8) is 0 Å². The molecule has 3 rings (SSSR count). The third-order valence-corrected chi connectivity index (χ3v) is 5.07. The third kappa shape index (κ3) is 2.05. The standard InChI is InChI=1S/C15H20BrNO2/c1-15(2)13(10-6-7-19-14(10)15)17-11-8-9(16)4-5-12(11)18-3/h4-5,8,10,13-14,17H,6-7H2,1-3H3. The lowest BCUT2D eigenvalue weighted by Crippen LogP contribution is -2.63. The lowest BCUT2D eigenvalue weighted by molar-refractivity contribution is -0.0923. The Balaban J connectivity index is 1.84. The maximum atomic E-state index is 5.83.